The molecule has 1 aliphatic heterocycles. The normalized spacial score (nSPS) is 16.8. The van der Waals surface area contributed by atoms with E-state index < -0.39 is 33.2 Å². The van der Waals surface area contributed by atoms with Gasteiger partial charge in [0, 0.05) is 25.8 Å². The van der Waals surface area contributed by atoms with Crippen LogP contribution in [0, 0.1) is 0 Å². The van der Waals surface area contributed by atoms with E-state index in [1.807, 2.05) is 0 Å². The quantitative estimate of drug-likeness (QED) is 0.632. The molecule has 1 amide bonds. The van der Waals surface area contributed by atoms with Crippen molar-refractivity contribution in [2.45, 2.75) is 28.4 Å². The Morgan fingerprint density at radius 3 is 2.35 bits per heavy atom. The second-order valence-corrected chi connectivity index (χ2v) is 9.90. The number of anilines is 1. The van der Waals surface area contributed by atoms with Gasteiger partial charge in [0.1, 0.15) is 0 Å². The number of ether oxygens (including phenoxy) is 1. The molecule has 0 unspecified atom stereocenters. The maximum Gasteiger partial charge on any atom is 0.451 e. The molecule has 2 aromatic rings. The second kappa shape index (κ2) is 9.14. The summed E-state index contributed by atoms with van der Waals surface area (Å²) in [6.45, 7) is 2.72. The Balaban J connectivity index is 1.63. The van der Waals surface area contributed by atoms with Crippen LogP contribution in [0.5, 0.6) is 0 Å². The summed E-state index contributed by atoms with van der Waals surface area (Å²) >= 11 is 0.824. The molecule has 0 spiro atoms. The van der Waals surface area contributed by atoms with Gasteiger partial charge in [-0.05, 0) is 31.2 Å². The van der Waals surface area contributed by atoms with Crippen LogP contribution < -0.4 is 5.32 Å². The van der Waals surface area contributed by atoms with Crippen LogP contribution in [-0.4, -0.2) is 64.9 Å². The molecule has 0 aliphatic carbocycles. The van der Waals surface area contributed by atoms with Crippen molar-refractivity contribution < 1.29 is 31.1 Å². The highest BCUT2D eigenvalue weighted by Crippen LogP contribution is 2.31. The largest absolute Gasteiger partial charge is 0.451 e. The van der Waals surface area contributed by atoms with Gasteiger partial charge < -0.3 is 14.6 Å². The average molecular weight is 480 g/mol. The van der Waals surface area contributed by atoms with Gasteiger partial charge in [0.25, 0.3) is 0 Å². The monoisotopic (exact) mass is 479 g/mol. The van der Waals surface area contributed by atoms with Gasteiger partial charge in [-0.15, -0.1) is 10.2 Å². The van der Waals surface area contributed by atoms with E-state index in [1.54, 1.807) is 0 Å². The van der Waals surface area contributed by atoms with Gasteiger partial charge in [-0.1, -0.05) is 11.8 Å². The molecule has 0 saturated carbocycles. The van der Waals surface area contributed by atoms with Crippen molar-refractivity contribution in [3.8, 4) is 0 Å². The van der Waals surface area contributed by atoms with Crippen LogP contribution >= 0.6 is 11.8 Å². The van der Waals surface area contributed by atoms with Crippen LogP contribution in [0.25, 0.3) is 0 Å². The smallest absolute Gasteiger partial charge is 0.379 e. The lowest BCUT2D eigenvalue weighted by Gasteiger charge is -2.26. The van der Waals surface area contributed by atoms with E-state index in [0.29, 0.717) is 18.9 Å². The summed E-state index contributed by atoms with van der Waals surface area (Å²) in [5, 5.41) is 8.39. The molecule has 170 valence electrons. The van der Waals surface area contributed by atoms with Crippen LogP contribution in [0.15, 0.2) is 34.3 Å². The third-order valence-corrected chi connectivity index (χ3v) is 7.52. The number of hydrogen-bond donors (Lipinski definition) is 1. The zero-order chi connectivity index (χ0) is 22.8. The lowest BCUT2D eigenvalue weighted by Crippen LogP contribution is -2.40. The van der Waals surface area contributed by atoms with Crippen molar-refractivity contribution in [2.24, 2.45) is 7.05 Å². The zero-order valence-corrected chi connectivity index (χ0v) is 18.2. The van der Waals surface area contributed by atoms with Gasteiger partial charge in [0.05, 0.1) is 23.4 Å². The molecule has 0 bridgehead atoms. The predicted molar refractivity (Wildman–Crippen MR) is 106 cm³/mol. The van der Waals surface area contributed by atoms with Crippen molar-refractivity contribution in [2.75, 3.05) is 31.6 Å². The first-order valence-corrected chi connectivity index (χ1v) is 11.4. The fourth-order valence-corrected chi connectivity index (χ4v) is 4.99. The summed E-state index contributed by atoms with van der Waals surface area (Å²) in [5.74, 6) is -1.63. The molecule has 1 aromatic carbocycles. The molecule has 31 heavy (non-hydrogen) atoms. The molecular weight excluding hydrogens is 459 g/mol. The molecule has 1 saturated heterocycles. The van der Waals surface area contributed by atoms with Gasteiger partial charge in [-0.25, -0.2) is 8.42 Å². The Bertz CT molecular complexity index is 1040. The number of thioether (sulfide) groups is 1. The molecule has 2 heterocycles. The Kier molecular flexibility index (Phi) is 6.93. The van der Waals surface area contributed by atoms with Crippen LogP contribution in [0.1, 0.15) is 12.7 Å². The number of benzene rings is 1. The van der Waals surface area contributed by atoms with E-state index in [9.17, 15) is 26.4 Å². The van der Waals surface area contributed by atoms with Gasteiger partial charge in [0.2, 0.25) is 21.8 Å². The number of aromatic nitrogens is 3. The lowest BCUT2D eigenvalue weighted by molar-refractivity contribution is -0.147. The first-order valence-electron chi connectivity index (χ1n) is 9.12. The van der Waals surface area contributed by atoms with Crippen molar-refractivity contribution in [3.63, 3.8) is 0 Å². The maximum absolute atomic E-state index is 12.8. The molecule has 1 atom stereocenters. The fourth-order valence-electron chi connectivity index (χ4n) is 2.77. The minimum Gasteiger partial charge on any atom is -0.379 e. The van der Waals surface area contributed by atoms with E-state index in [1.165, 1.54) is 42.5 Å². The molecule has 14 heteroatoms. The van der Waals surface area contributed by atoms with E-state index in [-0.39, 0.29) is 23.1 Å². The third kappa shape index (κ3) is 5.37. The minimum atomic E-state index is -4.64. The number of nitrogens with one attached hydrogen (secondary N) is 1. The van der Waals surface area contributed by atoms with Crippen LogP contribution in [-0.2, 0) is 32.8 Å². The Morgan fingerprint density at radius 1 is 1.19 bits per heavy atom. The number of carbonyl (C=O) groups is 1. The van der Waals surface area contributed by atoms with E-state index in [4.69, 9.17) is 4.74 Å². The van der Waals surface area contributed by atoms with E-state index in [0.717, 1.165) is 16.3 Å². The van der Waals surface area contributed by atoms with Gasteiger partial charge in [-0.2, -0.15) is 17.5 Å². The fraction of sp³-hybridized carbons (Fsp3) is 0.471. The predicted octanol–water partition coefficient (Wildman–Crippen LogP) is 1.97. The Morgan fingerprint density at radius 2 is 1.81 bits per heavy atom. The first-order chi connectivity index (χ1) is 14.5. The number of halogens is 3. The highest BCUT2D eigenvalue weighted by Gasteiger charge is 2.38. The summed E-state index contributed by atoms with van der Waals surface area (Å²) in [6, 6.07) is 5.67. The second-order valence-electron chi connectivity index (χ2n) is 6.65. The van der Waals surface area contributed by atoms with Crippen molar-refractivity contribution in [1.29, 1.82) is 0 Å². The Labute approximate surface area is 181 Å². The topological polar surface area (TPSA) is 106 Å². The highest BCUT2D eigenvalue weighted by atomic mass is 32.2. The lowest BCUT2D eigenvalue weighted by atomic mass is 10.3. The van der Waals surface area contributed by atoms with Crippen LogP contribution in [0.2, 0.25) is 0 Å². The number of sulfonamides is 1. The molecule has 1 aliphatic rings. The molecule has 3 rings (SSSR count). The number of alkyl halides is 3. The van der Waals surface area contributed by atoms with Gasteiger partial charge in [-0.3, -0.25) is 4.79 Å². The standard InChI is InChI=1S/C17H20F3N5O4S2/c1-11(30-16-23-22-15(24(16)2)17(18,19)20)14(26)21-12-3-5-13(6-4-12)31(27,28)25-7-9-29-10-8-25/h3-6,11H,7-10H2,1-2H3,(H,21,26)/t11-/m1/s1. The third-order valence-electron chi connectivity index (χ3n) is 4.47. The molecule has 1 fully saturated rings. The molecule has 1 N–H and O–H groups in total. The molecule has 0 radical (unpaired) electrons. The maximum atomic E-state index is 12.8. The average Bonchev–Trinajstić information content (AvgIpc) is 3.09. The van der Waals surface area contributed by atoms with Crippen LogP contribution in [0.4, 0.5) is 18.9 Å². The molecular formula is C17H20F3N5O4S2. The number of carbonyl (C=O) groups excluding carboxylic acids is 1. The van der Waals surface area contributed by atoms with Crippen molar-refractivity contribution in [1.82, 2.24) is 19.1 Å². The van der Waals surface area contributed by atoms with E-state index >= 15 is 0 Å². The summed E-state index contributed by atoms with van der Waals surface area (Å²) in [7, 11) is -2.48. The highest BCUT2D eigenvalue weighted by molar-refractivity contribution is 8.00. The minimum absolute atomic E-state index is 0.0538. The zero-order valence-electron chi connectivity index (χ0n) is 16.6. The summed E-state index contributed by atoms with van der Waals surface area (Å²) < 4.78 is 71.0. The first kappa shape index (κ1) is 23.5. The summed E-state index contributed by atoms with van der Waals surface area (Å²) in [5.41, 5.74) is 0.354. The Hall–Kier alpha value is -2.16. The van der Waals surface area contributed by atoms with Crippen molar-refractivity contribution in [3.05, 3.63) is 30.1 Å². The summed E-state index contributed by atoms with van der Waals surface area (Å²) in [6.07, 6.45) is -4.64. The summed E-state index contributed by atoms with van der Waals surface area (Å²) in [4.78, 5) is 12.5. The number of amides is 1. The number of morpholine rings is 1. The molecule has 1 aromatic heterocycles. The number of hydrogen-bond acceptors (Lipinski definition) is 7. The van der Waals surface area contributed by atoms with Crippen LogP contribution in [0.3, 0.4) is 0 Å². The number of nitrogens with zero attached hydrogens (tertiary/aromatic N) is 4. The SMILES string of the molecule is C[C@@H](Sc1nnc(C(F)(F)F)n1C)C(=O)Nc1ccc(S(=O)(=O)N2CCOCC2)cc1. The van der Waals surface area contributed by atoms with Crippen molar-refractivity contribution >= 4 is 33.4 Å². The van der Waals surface area contributed by atoms with E-state index in [2.05, 4.69) is 15.5 Å². The van der Waals surface area contributed by atoms with Gasteiger partial charge >= 0.3 is 6.18 Å². The number of rotatable bonds is 6. The molecule has 9 nitrogen and oxygen atoms in total. The van der Waals surface area contributed by atoms with Gasteiger partial charge in [0.15, 0.2) is 5.16 Å².